The van der Waals surface area contributed by atoms with Crippen LogP contribution in [0.1, 0.15) is 38.2 Å². The van der Waals surface area contributed by atoms with E-state index >= 15 is 0 Å². The molecule has 1 amide bonds. The van der Waals surface area contributed by atoms with E-state index in [0.717, 1.165) is 12.0 Å². The minimum absolute atomic E-state index is 0.0457. The summed E-state index contributed by atoms with van der Waals surface area (Å²) in [4.78, 5) is 12.2. The van der Waals surface area contributed by atoms with Gasteiger partial charge in [-0.25, -0.2) is 0 Å². The smallest absolute Gasteiger partial charge is 0.224 e. The second-order valence-electron chi connectivity index (χ2n) is 5.57. The first kappa shape index (κ1) is 15.2. The van der Waals surface area contributed by atoms with Crippen LogP contribution in [0.4, 0.5) is 0 Å². The van der Waals surface area contributed by atoms with Crippen molar-refractivity contribution in [2.24, 2.45) is 5.92 Å². The summed E-state index contributed by atoms with van der Waals surface area (Å²) < 4.78 is 5.27. The van der Waals surface area contributed by atoms with Crippen LogP contribution in [0.15, 0.2) is 18.2 Å². The van der Waals surface area contributed by atoms with Crippen LogP contribution in [0.3, 0.4) is 0 Å². The van der Waals surface area contributed by atoms with E-state index < -0.39 is 0 Å². The number of carbonyl (C=O) groups is 1. The van der Waals surface area contributed by atoms with Crippen molar-refractivity contribution >= 4 is 17.5 Å². The van der Waals surface area contributed by atoms with Crippen molar-refractivity contribution in [3.05, 3.63) is 28.8 Å². The molecule has 1 saturated carbocycles. The minimum atomic E-state index is 0.0457. The number of rotatable bonds is 4. The maximum absolute atomic E-state index is 12.2. The van der Waals surface area contributed by atoms with Crippen molar-refractivity contribution in [1.82, 2.24) is 5.32 Å². The Kier molecular flexibility index (Phi) is 5.30. The molecule has 1 aromatic carbocycles. The Morgan fingerprint density at radius 1 is 1.40 bits per heavy atom. The molecular formula is C16H22ClNO2. The summed E-state index contributed by atoms with van der Waals surface area (Å²) in [5, 5.41) is 3.77. The van der Waals surface area contributed by atoms with Gasteiger partial charge in [-0.1, -0.05) is 31.4 Å². The molecule has 1 aromatic rings. The quantitative estimate of drug-likeness (QED) is 0.922. The Morgan fingerprint density at radius 2 is 2.15 bits per heavy atom. The highest BCUT2D eigenvalue weighted by atomic mass is 35.5. The summed E-state index contributed by atoms with van der Waals surface area (Å²) in [6, 6.07) is 5.67. The molecule has 0 aromatic heterocycles. The molecule has 0 radical (unpaired) electrons. The van der Waals surface area contributed by atoms with E-state index in [1.54, 1.807) is 25.3 Å². The molecule has 0 unspecified atom stereocenters. The fourth-order valence-corrected chi connectivity index (χ4v) is 3.04. The lowest BCUT2D eigenvalue weighted by molar-refractivity contribution is -0.121. The molecule has 3 nitrogen and oxygen atoms in total. The van der Waals surface area contributed by atoms with E-state index in [1.807, 2.05) is 0 Å². The molecule has 1 aliphatic rings. The van der Waals surface area contributed by atoms with E-state index in [-0.39, 0.29) is 5.91 Å². The van der Waals surface area contributed by atoms with E-state index in [0.29, 0.717) is 29.2 Å². The SMILES string of the molecule is COc1ccc(Cl)cc1CC(=O)N[C@H]1CCCC[C@@H]1C. The summed E-state index contributed by atoms with van der Waals surface area (Å²) >= 11 is 5.99. The van der Waals surface area contributed by atoms with Gasteiger partial charge in [0, 0.05) is 16.6 Å². The van der Waals surface area contributed by atoms with Crippen molar-refractivity contribution < 1.29 is 9.53 Å². The van der Waals surface area contributed by atoms with Gasteiger partial charge in [0.15, 0.2) is 0 Å². The summed E-state index contributed by atoms with van der Waals surface area (Å²) in [6.45, 7) is 2.21. The second-order valence-corrected chi connectivity index (χ2v) is 6.01. The monoisotopic (exact) mass is 295 g/mol. The molecule has 0 bridgehead atoms. The number of benzene rings is 1. The molecule has 110 valence electrons. The Morgan fingerprint density at radius 3 is 2.85 bits per heavy atom. The lowest BCUT2D eigenvalue weighted by atomic mass is 9.86. The average Bonchev–Trinajstić information content (AvgIpc) is 2.41. The van der Waals surface area contributed by atoms with Gasteiger partial charge in [0.05, 0.1) is 13.5 Å². The van der Waals surface area contributed by atoms with Crippen molar-refractivity contribution in [3.8, 4) is 5.75 Å². The first-order valence-electron chi connectivity index (χ1n) is 7.22. The van der Waals surface area contributed by atoms with Gasteiger partial charge in [0.1, 0.15) is 5.75 Å². The summed E-state index contributed by atoms with van der Waals surface area (Å²) in [5.41, 5.74) is 0.834. The summed E-state index contributed by atoms with van der Waals surface area (Å²) in [6.07, 6.45) is 5.07. The van der Waals surface area contributed by atoms with Gasteiger partial charge >= 0.3 is 0 Å². The van der Waals surface area contributed by atoms with Gasteiger partial charge in [-0.2, -0.15) is 0 Å². The largest absolute Gasteiger partial charge is 0.496 e. The predicted octanol–water partition coefficient (Wildman–Crippen LogP) is 3.59. The molecule has 2 rings (SSSR count). The number of amides is 1. The lowest BCUT2D eigenvalue weighted by Gasteiger charge is -2.29. The average molecular weight is 296 g/mol. The van der Waals surface area contributed by atoms with Gasteiger partial charge in [-0.05, 0) is 37.0 Å². The van der Waals surface area contributed by atoms with Gasteiger partial charge in [-0.3, -0.25) is 4.79 Å². The molecule has 1 N–H and O–H groups in total. The maximum Gasteiger partial charge on any atom is 0.224 e. The molecular weight excluding hydrogens is 274 g/mol. The topological polar surface area (TPSA) is 38.3 Å². The molecule has 0 saturated heterocycles. The molecule has 0 spiro atoms. The van der Waals surface area contributed by atoms with Crippen LogP contribution >= 0.6 is 11.6 Å². The fraction of sp³-hybridized carbons (Fsp3) is 0.562. The fourth-order valence-electron chi connectivity index (χ4n) is 2.85. The van der Waals surface area contributed by atoms with Crippen LogP contribution in [0.2, 0.25) is 5.02 Å². The summed E-state index contributed by atoms with van der Waals surface area (Å²) in [7, 11) is 1.61. The van der Waals surface area contributed by atoms with Crippen molar-refractivity contribution in [3.63, 3.8) is 0 Å². The zero-order valence-corrected chi connectivity index (χ0v) is 12.9. The van der Waals surface area contributed by atoms with Gasteiger partial charge < -0.3 is 10.1 Å². The Bertz CT molecular complexity index is 476. The highest BCUT2D eigenvalue weighted by Crippen LogP contribution is 2.25. The first-order chi connectivity index (χ1) is 9.60. The van der Waals surface area contributed by atoms with Gasteiger partial charge in [0.25, 0.3) is 0 Å². The number of methoxy groups -OCH3 is 1. The Hall–Kier alpha value is -1.22. The Balaban J connectivity index is 1.99. The zero-order valence-electron chi connectivity index (χ0n) is 12.1. The maximum atomic E-state index is 12.2. The molecule has 20 heavy (non-hydrogen) atoms. The van der Waals surface area contributed by atoms with Crippen LogP contribution < -0.4 is 10.1 Å². The highest BCUT2D eigenvalue weighted by Gasteiger charge is 2.23. The zero-order chi connectivity index (χ0) is 14.5. The number of nitrogens with one attached hydrogen (secondary N) is 1. The molecule has 4 heteroatoms. The number of carbonyl (C=O) groups excluding carboxylic acids is 1. The first-order valence-corrected chi connectivity index (χ1v) is 7.59. The van der Waals surface area contributed by atoms with Gasteiger partial charge in [-0.15, -0.1) is 0 Å². The Labute approximate surface area is 125 Å². The van der Waals surface area contributed by atoms with E-state index in [4.69, 9.17) is 16.3 Å². The molecule has 1 aliphatic carbocycles. The highest BCUT2D eigenvalue weighted by molar-refractivity contribution is 6.30. The van der Waals surface area contributed by atoms with E-state index in [1.165, 1.54) is 19.3 Å². The number of hydrogen-bond donors (Lipinski definition) is 1. The molecule has 1 fully saturated rings. The normalized spacial score (nSPS) is 22.4. The van der Waals surface area contributed by atoms with Crippen molar-refractivity contribution in [2.75, 3.05) is 7.11 Å². The van der Waals surface area contributed by atoms with Crippen LogP contribution in [0, 0.1) is 5.92 Å². The van der Waals surface area contributed by atoms with Crippen LogP contribution in [-0.4, -0.2) is 19.1 Å². The van der Waals surface area contributed by atoms with Crippen LogP contribution in [0.25, 0.3) is 0 Å². The van der Waals surface area contributed by atoms with E-state index in [2.05, 4.69) is 12.2 Å². The molecule has 0 heterocycles. The minimum Gasteiger partial charge on any atom is -0.496 e. The molecule has 0 aliphatic heterocycles. The number of halogens is 1. The van der Waals surface area contributed by atoms with Crippen molar-refractivity contribution in [2.45, 2.75) is 45.1 Å². The molecule has 2 atom stereocenters. The third kappa shape index (κ3) is 3.89. The standard InChI is InChI=1S/C16H22ClNO2/c1-11-5-3-4-6-14(11)18-16(19)10-12-9-13(17)7-8-15(12)20-2/h7-9,11,14H,3-6,10H2,1-2H3,(H,18,19)/t11-,14-/m0/s1. The summed E-state index contributed by atoms with van der Waals surface area (Å²) in [5.74, 6) is 1.32. The van der Waals surface area contributed by atoms with Crippen molar-refractivity contribution in [1.29, 1.82) is 0 Å². The third-order valence-electron chi connectivity index (χ3n) is 4.05. The van der Waals surface area contributed by atoms with Gasteiger partial charge in [0.2, 0.25) is 5.91 Å². The lowest BCUT2D eigenvalue weighted by Crippen LogP contribution is -2.41. The van der Waals surface area contributed by atoms with Crippen LogP contribution in [0.5, 0.6) is 5.75 Å². The number of ether oxygens (including phenoxy) is 1. The van der Waals surface area contributed by atoms with Crippen LogP contribution in [-0.2, 0) is 11.2 Å². The predicted molar refractivity (Wildman–Crippen MR) is 81.3 cm³/mol. The second kappa shape index (κ2) is 6.98. The third-order valence-corrected chi connectivity index (χ3v) is 4.29. The van der Waals surface area contributed by atoms with E-state index in [9.17, 15) is 4.79 Å². The number of hydrogen-bond acceptors (Lipinski definition) is 2.